The first kappa shape index (κ1) is 14.1. The second-order valence-electron chi connectivity index (χ2n) is 5.42. The van der Waals surface area contributed by atoms with Gasteiger partial charge in [-0.25, -0.2) is 13.8 Å². The Labute approximate surface area is 125 Å². The molecule has 2 aromatic heterocycles. The lowest BCUT2D eigenvalue weighted by molar-refractivity contribution is -0.152. The molecule has 1 unspecified atom stereocenters. The summed E-state index contributed by atoms with van der Waals surface area (Å²) < 4.78 is 35.1. The number of hydrogen-bond donors (Lipinski definition) is 4. The number of alkyl halides is 2. The Morgan fingerprint density at radius 1 is 1.57 bits per heavy atom. The summed E-state index contributed by atoms with van der Waals surface area (Å²) in [7, 11) is 0. The highest BCUT2D eigenvalue weighted by Crippen LogP contribution is 2.69. The zero-order valence-corrected chi connectivity index (χ0v) is 11.2. The third-order valence-corrected chi connectivity index (χ3v) is 4.28. The number of nitrogens with zero attached hydrogens (tertiary/aromatic N) is 3. The number of terminal acetylenes is 1. The highest BCUT2D eigenvalue weighted by atomic mass is 19.2. The fourth-order valence-electron chi connectivity index (χ4n) is 2.96. The summed E-state index contributed by atoms with van der Waals surface area (Å²) >= 11 is 0. The number of H-pyrrole nitrogens is 1. The number of nitrogens with one attached hydrogen (secondary N) is 1. The summed E-state index contributed by atoms with van der Waals surface area (Å²) in [5.74, 6) is -1.73. The van der Waals surface area contributed by atoms with E-state index in [-0.39, 0.29) is 17.1 Å². The molecule has 2 aliphatic rings. The molecule has 11 heteroatoms. The maximum absolute atomic E-state index is 15.1. The van der Waals surface area contributed by atoms with E-state index in [0.717, 1.165) is 10.9 Å². The molecule has 1 saturated heterocycles. The molecule has 120 valence electrons. The molecule has 0 amide bonds. The minimum atomic E-state index is -3.12. The Kier molecular flexibility index (Phi) is 2.25. The number of hydrogen-bond acceptors (Lipinski definition) is 7. The van der Waals surface area contributed by atoms with Crippen molar-refractivity contribution in [2.75, 3.05) is 5.73 Å². The van der Waals surface area contributed by atoms with Crippen molar-refractivity contribution in [3.8, 4) is 12.3 Å². The predicted molar refractivity (Wildman–Crippen MR) is 70.2 cm³/mol. The number of fused-ring (bicyclic) bond motifs is 2. The third kappa shape index (κ3) is 1.26. The van der Waals surface area contributed by atoms with Crippen LogP contribution in [0.2, 0.25) is 0 Å². The molecular formula is C12H9F2N5O4. The van der Waals surface area contributed by atoms with E-state index < -0.39 is 35.0 Å². The van der Waals surface area contributed by atoms with Gasteiger partial charge >= 0.3 is 0 Å². The van der Waals surface area contributed by atoms with Gasteiger partial charge < -0.3 is 20.7 Å². The van der Waals surface area contributed by atoms with Gasteiger partial charge in [0.1, 0.15) is 0 Å². The maximum atomic E-state index is 15.1. The van der Waals surface area contributed by atoms with Gasteiger partial charge in [0.05, 0.1) is 6.33 Å². The molecule has 0 aromatic carbocycles. The maximum Gasteiger partial charge on any atom is 0.280 e. The number of aromatic amines is 1. The molecule has 5 N–H and O–H groups in total. The highest BCUT2D eigenvalue weighted by molar-refractivity contribution is 5.71. The first-order valence-electron chi connectivity index (χ1n) is 6.37. The van der Waals surface area contributed by atoms with Crippen molar-refractivity contribution in [1.29, 1.82) is 0 Å². The van der Waals surface area contributed by atoms with Crippen molar-refractivity contribution in [2.24, 2.45) is 0 Å². The number of aliphatic hydroxyl groups excluding tert-OH is 1. The number of anilines is 1. The quantitative estimate of drug-likeness (QED) is 0.460. The van der Waals surface area contributed by atoms with Crippen LogP contribution in [-0.2, 0) is 4.74 Å². The molecule has 9 nitrogen and oxygen atoms in total. The van der Waals surface area contributed by atoms with E-state index in [1.54, 1.807) is 5.92 Å². The molecule has 0 spiro atoms. The Hall–Kier alpha value is -2.55. The van der Waals surface area contributed by atoms with E-state index in [0.29, 0.717) is 0 Å². The van der Waals surface area contributed by atoms with Crippen LogP contribution in [-0.4, -0.2) is 53.0 Å². The van der Waals surface area contributed by atoms with Crippen LogP contribution in [0.4, 0.5) is 14.7 Å². The van der Waals surface area contributed by atoms with Gasteiger partial charge in [0.2, 0.25) is 11.5 Å². The van der Waals surface area contributed by atoms with Gasteiger partial charge in [-0.3, -0.25) is 14.3 Å². The summed E-state index contributed by atoms with van der Waals surface area (Å²) in [5.41, 5.74) is -1.75. The Morgan fingerprint density at radius 3 is 2.91 bits per heavy atom. The summed E-state index contributed by atoms with van der Waals surface area (Å²) in [6.45, 7) is 0. The van der Waals surface area contributed by atoms with Crippen LogP contribution < -0.4 is 11.3 Å². The number of halogens is 2. The van der Waals surface area contributed by atoms with Crippen molar-refractivity contribution in [2.45, 2.75) is 29.5 Å². The zero-order valence-electron chi connectivity index (χ0n) is 11.2. The van der Waals surface area contributed by atoms with Crippen molar-refractivity contribution in [3.05, 3.63) is 16.7 Å². The predicted octanol–water partition coefficient (Wildman–Crippen LogP) is -1.66. The van der Waals surface area contributed by atoms with Crippen LogP contribution >= 0.6 is 0 Å². The van der Waals surface area contributed by atoms with Gasteiger partial charge in [0.15, 0.2) is 23.5 Å². The summed E-state index contributed by atoms with van der Waals surface area (Å²) in [5, 5.41) is 19.5. The lowest BCUT2D eigenvalue weighted by Gasteiger charge is -2.27. The van der Waals surface area contributed by atoms with Gasteiger partial charge in [-0.2, -0.15) is 4.98 Å². The third-order valence-electron chi connectivity index (χ3n) is 4.28. The number of nitrogens with two attached hydrogens (primary N) is 1. The van der Waals surface area contributed by atoms with E-state index in [4.69, 9.17) is 16.9 Å². The zero-order chi connectivity index (χ0) is 16.8. The molecule has 23 heavy (non-hydrogen) atoms. The van der Waals surface area contributed by atoms with Crippen LogP contribution in [0.15, 0.2) is 11.1 Å². The van der Waals surface area contributed by atoms with Gasteiger partial charge in [0.25, 0.3) is 17.1 Å². The topological polar surface area (TPSA) is 139 Å². The molecule has 2 aromatic rings. The SMILES string of the molecule is C#C[C@]1(F)[C@H](n2cnc3c(=O)[nH]c(N)nc32)O[C@]2(F)C(O)[C@@]21O. The van der Waals surface area contributed by atoms with E-state index in [1.165, 1.54) is 0 Å². The Morgan fingerprint density at radius 2 is 2.26 bits per heavy atom. The van der Waals surface area contributed by atoms with Crippen molar-refractivity contribution in [1.82, 2.24) is 19.5 Å². The monoisotopic (exact) mass is 325 g/mol. The number of rotatable bonds is 1. The number of aliphatic hydroxyl groups is 2. The molecular weight excluding hydrogens is 316 g/mol. The molecule has 1 saturated carbocycles. The molecule has 1 aliphatic carbocycles. The molecule has 4 rings (SSSR count). The van der Waals surface area contributed by atoms with Crippen LogP contribution in [0.25, 0.3) is 11.2 Å². The number of nitrogen functional groups attached to an aromatic ring is 1. The fraction of sp³-hybridized carbons (Fsp3) is 0.417. The second kappa shape index (κ2) is 3.67. The summed E-state index contributed by atoms with van der Waals surface area (Å²) in [4.78, 5) is 21.4. The minimum Gasteiger partial charge on any atom is -0.384 e. The van der Waals surface area contributed by atoms with Crippen molar-refractivity contribution < 1.29 is 23.7 Å². The minimum absolute atomic E-state index is 0.205. The van der Waals surface area contributed by atoms with Gasteiger partial charge in [-0.1, -0.05) is 5.92 Å². The Bertz CT molecular complexity index is 953. The first-order chi connectivity index (χ1) is 10.7. The summed E-state index contributed by atoms with van der Waals surface area (Å²) in [6, 6.07) is 0. The first-order valence-corrected chi connectivity index (χ1v) is 6.37. The molecule has 0 radical (unpaired) electrons. The van der Waals surface area contributed by atoms with Crippen LogP contribution in [0.5, 0.6) is 0 Å². The average Bonchev–Trinajstić information content (AvgIpc) is 2.84. The molecule has 0 bridgehead atoms. The standard InChI is InChI=1S/C12H9F2N5O4/c1-2-10(13)8(23-12(14)7(21)11(10,12)22)19-3-16-4-5(19)17-9(15)18-6(4)20/h1,3,7-8,21-22H,(H3,15,17,18,20)/t7?,8-,10+,11+,12-/m1/s1. The summed E-state index contributed by atoms with van der Waals surface area (Å²) in [6.07, 6.45) is 2.02. The van der Waals surface area contributed by atoms with Gasteiger partial charge in [-0.15, -0.1) is 6.42 Å². The van der Waals surface area contributed by atoms with E-state index >= 15 is 4.39 Å². The largest absolute Gasteiger partial charge is 0.384 e. The fourth-order valence-corrected chi connectivity index (χ4v) is 2.96. The normalized spacial score (nSPS) is 41.7. The van der Waals surface area contributed by atoms with Gasteiger partial charge in [0, 0.05) is 0 Å². The van der Waals surface area contributed by atoms with Crippen LogP contribution in [0.1, 0.15) is 6.23 Å². The number of imidazole rings is 1. The second-order valence-corrected chi connectivity index (χ2v) is 5.42. The van der Waals surface area contributed by atoms with E-state index in [2.05, 4.69) is 15.0 Å². The van der Waals surface area contributed by atoms with Gasteiger partial charge in [-0.05, 0) is 0 Å². The number of aromatic nitrogens is 4. The number of ether oxygens (including phenoxy) is 1. The van der Waals surface area contributed by atoms with E-state index in [9.17, 15) is 19.4 Å². The van der Waals surface area contributed by atoms with Crippen LogP contribution in [0, 0.1) is 12.3 Å². The molecule has 1 aliphatic heterocycles. The highest BCUT2D eigenvalue weighted by Gasteiger charge is 2.96. The average molecular weight is 325 g/mol. The van der Waals surface area contributed by atoms with Crippen molar-refractivity contribution >= 4 is 17.1 Å². The molecule has 5 atom stereocenters. The smallest absolute Gasteiger partial charge is 0.280 e. The molecule has 2 fully saturated rings. The lowest BCUT2D eigenvalue weighted by Crippen LogP contribution is -2.46. The molecule has 3 heterocycles. The van der Waals surface area contributed by atoms with Crippen LogP contribution in [0.3, 0.4) is 0 Å². The lowest BCUT2D eigenvalue weighted by atomic mass is 9.96. The van der Waals surface area contributed by atoms with E-state index in [1.807, 2.05) is 0 Å². The Balaban J connectivity index is 1.94. The van der Waals surface area contributed by atoms with Crippen molar-refractivity contribution in [3.63, 3.8) is 0 Å².